The molecule has 1 aliphatic heterocycles. The zero-order valence-electron chi connectivity index (χ0n) is 16.9. The van der Waals surface area contributed by atoms with Crippen molar-refractivity contribution >= 4 is 34.2 Å². The Morgan fingerprint density at radius 2 is 1.74 bits per heavy atom. The topological polar surface area (TPSA) is 80.1 Å². The number of rotatable bonds is 5. The maximum Gasteiger partial charge on any atom is 0.255 e. The summed E-state index contributed by atoms with van der Waals surface area (Å²) in [6, 6.07) is 22.7. The minimum Gasteiger partial charge on any atom is -0.322 e. The number of carbonyl (C=O) groups excluding carboxylic acids is 2. The fraction of sp³-hybridized carbons (Fsp3) is 0.167. The number of anilines is 2. The number of nitrogens with zero attached hydrogens (tertiary/aromatic N) is 4. The van der Waals surface area contributed by atoms with E-state index in [0.717, 1.165) is 35.2 Å². The first-order valence-corrected chi connectivity index (χ1v) is 10.3. The summed E-state index contributed by atoms with van der Waals surface area (Å²) in [5, 5.41) is 11.3. The average Bonchev–Trinajstić information content (AvgIpc) is 3.41. The highest BCUT2D eigenvalue weighted by Gasteiger charge is 2.21. The number of benzene rings is 3. The van der Waals surface area contributed by atoms with Gasteiger partial charge in [-0.25, -0.2) is 4.68 Å². The van der Waals surface area contributed by atoms with Gasteiger partial charge in [0.15, 0.2) is 0 Å². The Labute approximate surface area is 179 Å². The van der Waals surface area contributed by atoms with E-state index in [1.807, 2.05) is 65.3 Å². The van der Waals surface area contributed by atoms with Crippen molar-refractivity contribution in [1.29, 1.82) is 0 Å². The Morgan fingerprint density at radius 1 is 0.968 bits per heavy atom. The van der Waals surface area contributed by atoms with Crippen molar-refractivity contribution in [2.45, 2.75) is 19.4 Å². The van der Waals surface area contributed by atoms with E-state index < -0.39 is 0 Å². The SMILES string of the molecule is O=C(Nc1ccc(N2CCCC2=O)cc1)c1ccc(Cn2nnc3ccccc32)cc1. The summed E-state index contributed by atoms with van der Waals surface area (Å²) < 4.78 is 1.84. The minimum absolute atomic E-state index is 0.149. The highest BCUT2D eigenvalue weighted by atomic mass is 16.2. The fourth-order valence-corrected chi connectivity index (χ4v) is 3.82. The lowest BCUT2D eigenvalue weighted by Gasteiger charge is -2.16. The molecular formula is C24H21N5O2. The van der Waals surface area contributed by atoms with E-state index >= 15 is 0 Å². The maximum absolute atomic E-state index is 12.6. The second-order valence-corrected chi connectivity index (χ2v) is 7.58. The van der Waals surface area contributed by atoms with E-state index in [1.165, 1.54) is 0 Å². The van der Waals surface area contributed by atoms with Gasteiger partial charge < -0.3 is 10.2 Å². The molecule has 1 aromatic heterocycles. The highest BCUT2D eigenvalue weighted by molar-refractivity contribution is 6.04. The number of hydrogen-bond acceptors (Lipinski definition) is 4. The Kier molecular flexibility index (Phi) is 4.92. The van der Waals surface area contributed by atoms with Crippen molar-refractivity contribution in [1.82, 2.24) is 15.0 Å². The van der Waals surface area contributed by atoms with Crippen LogP contribution < -0.4 is 10.2 Å². The normalized spacial score (nSPS) is 13.7. The molecule has 0 atom stereocenters. The molecule has 0 bridgehead atoms. The summed E-state index contributed by atoms with van der Waals surface area (Å²) in [6.45, 7) is 1.33. The second kappa shape index (κ2) is 8.02. The van der Waals surface area contributed by atoms with Crippen LogP contribution in [-0.2, 0) is 11.3 Å². The molecule has 4 aromatic rings. The summed E-state index contributed by atoms with van der Waals surface area (Å²) in [5.41, 5.74) is 5.00. The number of fused-ring (bicyclic) bond motifs is 1. The van der Waals surface area contributed by atoms with Crippen LogP contribution in [0.15, 0.2) is 72.8 Å². The number of aromatic nitrogens is 3. The standard InChI is InChI=1S/C24H21N5O2/c30-23-6-3-15-28(23)20-13-11-19(12-14-20)25-24(31)18-9-7-17(8-10-18)16-29-22-5-2-1-4-21(22)26-27-29/h1-2,4-5,7-14H,3,6,15-16H2,(H,25,31). The number of hydrogen-bond donors (Lipinski definition) is 1. The molecule has 154 valence electrons. The molecule has 1 fully saturated rings. The van der Waals surface area contributed by atoms with Gasteiger partial charge in [0.25, 0.3) is 5.91 Å². The molecule has 1 saturated heterocycles. The first kappa shape index (κ1) is 19.0. The van der Waals surface area contributed by atoms with Crippen LogP contribution in [-0.4, -0.2) is 33.4 Å². The Bertz CT molecular complexity index is 1250. The van der Waals surface area contributed by atoms with Gasteiger partial charge in [-0.2, -0.15) is 0 Å². The third kappa shape index (κ3) is 3.90. The monoisotopic (exact) mass is 411 g/mol. The summed E-state index contributed by atoms with van der Waals surface area (Å²) in [5.74, 6) is -0.0291. The van der Waals surface area contributed by atoms with Crippen LogP contribution in [0.3, 0.4) is 0 Å². The molecule has 2 heterocycles. The molecule has 0 saturated carbocycles. The van der Waals surface area contributed by atoms with Crippen LogP contribution >= 0.6 is 0 Å². The van der Waals surface area contributed by atoms with Crippen molar-refractivity contribution in [2.75, 3.05) is 16.8 Å². The van der Waals surface area contributed by atoms with Crippen molar-refractivity contribution in [3.8, 4) is 0 Å². The number of carbonyl (C=O) groups is 2. The molecule has 0 aliphatic carbocycles. The molecule has 1 aliphatic rings. The molecule has 2 amide bonds. The summed E-state index contributed by atoms with van der Waals surface area (Å²) in [4.78, 5) is 26.2. The lowest BCUT2D eigenvalue weighted by atomic mass is 10.1. The molecule has 31 heavy (non-hydrogen) atoms. The van der Waals surface area contributed by atoms with Crippen molar-refractivity contribution in [3.05, 3.63) is 83.9 Å². The Balaban J connectivity index is 1.24. The minimum atomic E-state index is -0.178. The number of amides is 2. The molecule has 1 N–H and O–H groups in total. The van der Waals surface area contributed by atoms with Crippen LogP contribution in [0.25, 0.3) is 11.0 Å². The molecule has 7 heteroatoms. The van der Waals surface area contributed by atoms with Crippen molar-refractivity contribution in [3.63, 3.8) is 0 Å². The number of para-hydroxylation sites is 1. The predicted octanol–water partition coefficient (Wildman–Crippen LogP) is 3.86. The van der Waals surface area contributed by atoms with Crippen LogP contribution in [0, 0.1) is 0 Å². The van der Waals surface area contributed by atoms with Gasteiger partial charge in [-0.15, -0.1) is 5.10 Å². The van der Waals surface area contributed by atoms with Gasteiger partial charge in [0.1, 0.15) is 5.52 Å². The predicted molar refractivity (Wildman–Crippen MR) is 119 cm³/mol. The summed E-state index contributed by atoms with van der Waals surface area (Å²) in [6.07, 6.45) is 1.49. The molecular weight excluding hydrogens is 390 g/mol. The molecule has 3 aromatic carbocycles. The zero-order valence-corrected chi connectivity index (χ0v) is 16.9. The fourth-order valence-electron chi connectivity index (χ4n) is 3.82. The molecule has 5 rings (SSSR count). The van der Waals surface area contributed by atoms with Crippen LogP contribution in [0.5, 0.6) is 0 Å². The number of nitrogens with one attached hydrogen (secondary N) is 1. The van der Waals surface area contributed by atoms with Gasteiger partial charge in [-0.05, 0) is 60.5 Å². The van der Waals surface area contributed by atoms with Gasteiger partial charge in [0.2, 0.25) is 5.91 Å². The van der Waals surface area contributed by atoms with Crippen molar-refractivity contribution in [2.24, 2.45) is 0 Å². The van der Waals surface area contributed by atoms with E-state index in [2.05, 4.69) is 15.6 Å². The highest BCUT2D eigenvalue weighted by Crippen LogP contribution is 2.23. The lowest BCUT2D eigenvalue weighted by molar-refractivity contribution is -0.117. The van der Waals surface area contributed by atoms with Gasteiger partial charge >= 0.3 is 0 Å². The van der Waals surface area contributed by atoms with Gasteiger partial charge in [0.05, 0.1) is 12.1 Å². The third-order valence-corrected chi connectivity index (χ3v) is 5.48. The molecule has 0 spiro atoms. The largest absolute Gasteiger partial charge is 0.322 e. The van der Waals surface area contributed by atoms with Gasteiger partial charge in [0, 0.05) is 29.9 Å². The Morgan fingerprint density at radius 3 is 2.48 bits per heavy atom. The second-order valence-electron chi connectivity index (χ2n) is 7.58. The van der Waals surface area contributed by atoms with Crippen LogP contribution in [0.1, 0.15) is 28.8 Å². The summed E-state index contributed by atoms with van der Waals surface area (Å²) >= 11 is 0. The lowest BCUT2D eigenvalue weighted by Crippen LogP contribution is -2.23. The smallest absolute Gasteiger partial charge is 0.255 e. The quantitative estimate of drug-likeness (QED) is 0.541. The van der Waals surface area contributed by atoms with E-state index in [1.54, 1.807) is 17.0 Å². The van der Waals surface area contributed by atoms with E-state index in [0.29, 0.717) is 24.2 Å². The van der Waals surface area contributed by atoms with E-state index in [-0.39, 0.29) is 11.8 Å². The summed E-state index contributed by atoms with van der Waals surface area (Å²) in [7, 11) is 0. The first-order valence-electron chi connectivity index (χ1n) is 10.3. The Hall–Kier alpha value is -4.00. The van der Waals surface area contributed by atoms with Crippen molar-refractivity contribution < 1.29 is 9.59 Å². The third-order valence-electron chi connectivity index (χ3n) is 5.48. The van der Waals surface area contributed by atoms with E-state index in [4.69, 9.17) is 0 Å². The molecule has 7 nitrogen and oxygen atoms in total. The van der Waals surface area contributed by atoms with E-state index in [9.17, 15) is 9.59 Å². The van der Waals surface area contributed by atoms with Gasteiger partial charge in [-0.1, -0.05) is 29.5 Å². The average molecular weight is 411 g/mol. The maximum atomic E-state index is 12.6. The van der Waals surface area contributed by atoms with Crippen LogP contribution in [0.4, 0.5) is 11.4 Å². The zero-order chi connectivity index (χ0) is 21.2. The molecule has 0 radical (unpaired) electrons. The van der Waals surface area contributed by atoms with Crippen LogP contribution in [0.2, 0.25) is 0 Å². The first-order chi connectivity index (χ1) is 15.2. The van der Waals surface area contributed by atoms with Gasteiger partial charge in [-0.3, -0.25) is 9.59 Å². The molecule has 0 unspecified atom stereocenters.